The molecule has 1 atom stereocenters. The zero-order chi connectivity index (χ0) is 13.7. The minimum atomic E-state index is -0.765. The van der Waals surface area contributed by atoms with Gasteiger partial charge in [0.15, 0.2) is 0 Å². The zero-order valence-corrected chi connectivity index (χ0v) is 11.6. The lowest BCUT2D eigenvalue weighted by molar-refractivity contribution is -0.136. The van der Waals surface area contributed by atoms with E-state index in [1.807, 2.05) is 35.7 Å². The Bertz CT molecular complexity index is 510. The fourth-order valence-corrected chi connectivity index (χ4v) is 2.82. The van der Waals surface area contributed by atoms with E-state index in [-0.39, 0.29) is 12.5 Å². The molecule has 2 rings (SSSR count). The summed E-state index contributed by atoms with van der Waals surface area (Å²) in [6, 6.07) is 12.2. The van der Waals surface area contributed by atoms with Crippen LogP contribution in [0, 0.1) is 0 Å². The van der Waals surface area contributed by atoms with Crippen LogP contribution >= 0.6 is 11.3 Å². The summed E-state index contributed by atoms with van der Waals surface area (Å²) in [5.74, 6) is -0.765. The molecule has 2 aromatic rings. The van der Waals surface area contributed by atoms with Gasteiger partial charge in [-0.15, -0.1) is 0 Å². The van der Waals surface area contributed by atoms with E-state index in [9.17, 15) is 4.79 Å². The van der Waals surface area contributed by atoms with Crippen molar-refractivity contribution < 1.29 is 9.90 Å². The average molecular weight is 275 g/mol. The lowest BCUT2D eigenvalue weighted by Crippen LogP contribution is -2.29. The zero-order valence-electron chi connectivity index (χ0n) is 10.8. The summed E-state index contributed by atoms with van der Waals surface area (Å²) < 4.78 is 0. The third-order valence-corrected chi connectivity index (χ3v) is 3.85. The van der Waals surface area contributed by atoms with Gasteiger partial charge in [-0.3, -0.25) is 4.79 Å². The number of carboxylic acids is 1. The van der Waals surface area contributed by atoms with Crippen molar-refractivity contribution in [1.82, 2.24) is 0 Å². The largest absolute Gasteiger partial charge is 0.481 e. The summed E-state index contributed by atoms with van der Waals surface area (Å²) in [5.41, 5.74) is 2.28. The summed E-state index contributed by atoms with van der Waals surface area (Å²) in [5, 5.41) is 13.1. The predicted molar refractivity (Wildman–Crippen MR) is 78.8 cm³/mol. The SMILES string of the molecule is CC(c1ccsc1)N(CCC(=O)O)c1ccccc1. The number of aliphatic carboxylic acids is 1. The Morgan fingerprint density at radius 2 is 2.05 bits per heavy atom. The summed E-state index contributed by atoms with van der Waals surface area (Å²) in [7, 11) is 0. The van der Waals surface area contributed by atoms with Crippen LogP contribution in [0.5, 0.6) is 0 Å². The second-order valence-corrected chi connectivity index (χ2v) is 5.19. The molecule has 1 N–H and O–H groups in total. The molecule has 1 heterocycles. The van der Waals surface area contributed by atoms with Crippen molar-refractivity contribution in [3.05, 3.63) is 52.7 Å². The third-order valence-electron chi connectivity index (χ3n) is 3.15. The van der Waals surface area contributed by atoms with E-state index in [1.54, 1.807) is 11.3 Å². The standard InChI is InChI=1S/C15H17NO2S/c1-12(13-8-10-19-11-13)16(9-7-15(17)18)14-5-3-2-4-6-14/h2-6,8,10-12H,7,9H2,1H3,(H,17,18). The highest BCUT2D eigenvalue weighted by molar-refractivity contribution is 7.08. The molecule has 3 nitrogen and oxygen atoms in total. The molecule has 0 aliphatic heterocycles. The average Bonchev–Trinajstić information content (AvgIpc) is 2.93. The van der Waals surface area contributed by atoms with Crippen molar-refractivity contribution in [1.29, 1.82) is 0 Å². The monoisotopic (exact) mass is 275 g/mol. The fraction of sp³-hybridized carbons (Fsp3) is 0.267. The number of thiophene rings is 1. The molecular weight excluding hydrogens is 258 g/mol. The van der Waals surface area contributed by atoms with Crippen LogP contribution in [0.25, 0.3) is 0 Å². The molecule has 0 spiro atoms. The van der Waals surface area contributed by atoms with Crippen molar-refractivity contribution in [2.75, 3.05) is 11.4 Å². The molecule has 100 valence electrons. The first-order valence-corrected chi connectivity index (χ1v) is 7.18. The maximum absolute atomic E-state index is 10.8. The molecule has 0 aliphatic carbocycles. The van der Waals surface area contributed by atoms with Crippen LogP contribution in [0.2, 0.25) is 0 Å². The number of anilines is 1. The second-order valence-electron chi connectivity index (χ2n) is 4.41. The quantitative estimate of drug-likeness (QED) is 0.872. The number of carboxylic acid groups (broad SMARTS) is 1. The first-order chi connectivity index (χ1) is 9.18. The van der Waals surface area contributed by atoms with Crippen LogP contribution in [0.4, 0.5) is 5.69 Å². The lowest BCUT2D eigenvalue weighted by atomic mass is 10.1. The van der Waals surface area contributed by atoms with Crippen molar-refractivity contribution in [3.8, 4) is 0 Å². The maximum Gasteiger partial charge on any atom is 0.305 e. The van der Waals surface area contributed by atoms with E-state index in [0.717, 1.165) is 5.69 Å². The van der Waals surface area contributed by atoms with Gasteiger partial charge in [0.2, 0.25) is 0 Å². The van der Waals surface area contributed by atoms with Gasteiger partial charge in [0.25, 0.3) is 0 Å². The van der Waals surface area contributed by atoms with Crippen molar-refractivity contribution in [3.63, 3.8) is 0 Å². The molecule has 4 heteroatoms. The molecule has 0 saturated heterocycles. The molecule has 0 aliphatic rings. The Hall–Kier alpha value is -1.81. The highest BCUT2D eigenvalue weighted by Crippen LogP contribution is 2.28. The molecule has 0 bridgehead atoms. The summed E-state index contributed by atoms with van der Waals surface area (Å²) in [6.45, 7) is 2.62. The molecule has 0 fully saturated rings. The van der Waals surface area contributed by atoms with Gasteiger partial charge in [0.1, 0.15) is 0 Å². The Balaban J connectivity index is 2.21. The van der Waals surface area contributed by atoms with E-state index in [1.165, 1.54) is 5.56 Å². The van der Waals surface area contributed by atoms with Gasteiger partial charge in [-0.25, -0.2) is 0 Å². The second kappa shape index (κ2) is 6.38. The van der Waals surface area contributed by atoms with E-state index >= 15 is 0 Å². The van der Waals surface area contributed by atoms with Crippen LogP contribution in [-0.2, 0) is 4.79 Å². The van der Waals surface area contributed by atoms with Crippen LogP contribution < -0.4 is 4.90 Å². The summed E-state index contributed by atoms with van der Waals surface area (Å²) >= 11 is 1.66. The molecule has 1 aromatic carbocycles. The Kier molecular flexibility index (Phi) is 4.58. The van der Waals surface area contributed by atoms with E-state index in [4.69, 9.17) is 5.11 Å². The van der Waals surface area contributed by atoms with Gasteiger partial charge >= 0.3 is 5.97 Å². The lowest BCUT2D eigenvalue weighted by Gasteiger charge is -2.30. The highest BCUT2D eigenvalue weighted by Gasteiger charge is 2.17. The Labute approximate surface area is 117 Å². The number of hydrogen-bond acceptors (Lipinski definition) is 3. The number of carbonyl (C=O) groups is 1. The molecule has 1 unspecified atom stereocenters. The molecule has 0 radical (unpaired) electrons. The number of benzene rings is 1. The van der Waals surface area contributed by atoms with Crippen LogP contribution in [0.1, 0.15) is 24.9 Å². The topological polar surface area (TPSA) is 40.5 Å². The number of hydrogen-bond donors (Lipinski definition) is 1. The van der Waals surface area contributed by atoms with Crippen molar-refractivity contribution in [2.24, 2.45) is 0 Å². The van der Waals surface area contributed by atoms with E-state index < -0.39 is 5.97 Å². The Morgan fingerprint density at radius 3 is 2.63 bits per heavy atom. The molecular formula is C15H17NO2S. The van der Waals surface area contributed by atoms with Crippen LogP contribution in [0.15, 0.2) is 47.2 Å². The molecule has 0 amide bonds. The van der Waals surface area contributed by atoms with Crippen molar-refractivity contribution in [2.45, 2.75) is 19.4 Å². The van der Waals surface area contributed by atoms with Crippen LogP contribution in [-0.4, -0.2) is 17.6 Å². The maximum atomic E-state index is 10.8. The molecule has 1 aromatic heterocycles. The van der Waals surface area contributed by atoms with Gasteiger partial charge < -0.3 is 10.0 Å². The minimum Gasteiger partial charge on any atom is -0.481 e. The third kappa shape index (κ3) is 3.58. The van der Waals surface area contributed by atoms with Gasteiger partial charge in [-0.1, -0.05) is 18.2 Å². The van der Waals surface area contributed by atoms with E-state index in [0.29, 0.717) is 6.54 Å². The number of para-hydroxylation sites is 1. The van der Waals surface area contributed by atoms with Gasteiger partial charge in [0.05, 0.1) is 12.5 Å². The predicted octanol–water partition coefficient (Wildman–Crippen LogP) is 3.79. The smallest absolute Gasteiger partial charge is 0.305 e. The van der Waals surface area contributed by atoms with Gasteiger partial charge in [0, 0.05) is 12.2 Å². The minimum absolute atomic E-state index is 0.142. The number of rotatable bonds is 6. The number of nitrogens with zero attached hydrogens (tertiary/aromatic N) is 1. The van der Waals surface area contributed by atoms with Gasteiger partial charge in [-0.05, 0) is 41.4 Å². The molecule has 19 heavy (non-hydrogen) atoms. The molecule has 0 saturated carbocycles. The van der Waals surface area contributed by atoms with Gasteiger partial charge in [-0.2, -0.15) is 11.3 Å². The van der Waals surface area contributed by atoms with Crippen molar-refractivity contribution >= 4 is 23.0 Å². The first kappa shape index (κ1) is 13.6. The highest BCUT2D eigenvalue weighted by atomic mass is 32.1. The van der Waals surface area contributed by atoms with Crippen LogP contribution in [0.3, 0.4) is 0 Å². The fourth-order valence-electron chi connectivity index (χ4n) is 2.07. The summed E-state index contributed by atoms with van der Waals surface area (Å²) in [4.78, 5) is 13.0. The Morgan fingerprint density at radius 1 is 1.32 bits per heavy atom. The van der Waals surface area contributed by atoms with E-state index in [2.05, 4.69) is 23.3 Å². The normalized spacial score (nSPS) is 12.1. The summed E-state index contributed by atoms with van der Waals surface area (Å²) in [6.07, 6.45) is 0.142. The first-order valence-electron chi connectivity index (χ1n) is 6.24.